The lowest BCUT2D eigenvalue weighted by Crippen LogP contribution is -2.20. The second-order valence-electron chi connectivity index (χ2n) is 5.78. The number of carbonyl (C=O) groups is 2. The predicted molar refractivity (Wildman–Crippen MR) is 94.8 cm³/mol. The molecule has 9 heteroatoms. The summed E-state index contributed by atoms with van der Waals surface area (Å²) in [6.45, 7) is 0.254. The number of nitrogens with zero attached hydrogens (tertiary/aromatic N) is 1. The third-order valence-electron chi connectivity index (χ3n) is 3.93. The number of amides is 1. The van der Waals surface area contributed by atoms with Gasteiger partial charge in [-0.2, -0.15) is 0 Å². The van der Waals surface area contributed by atoms with E-state index in [2.05, 4.69) is 10.3 Å². The number of halogens is 1. The van der Waals surface area contributed by atoms with Crippen LogP contribution in [0.15, 0.2) is 47.5 Å². The van der Waals surface area contributed by atoms with Crippen molar-refractivity contribution in [3.63, 3.8) is 0 Å². The fourth-order valence-electron chi connectivity index (χ4n) is 2.51. The van der Waals surface area contributed by atoms with Crippen molar-refractivity contribution in [2.24, 2.45) is 5.92 Å². The van der Waals surface area contributed by atoms with Crippen LogP contribution in [-0.2, 0) is 19.4 Å². The van der Waals surface area contributed by atoms with E-state index in [0.717, 1.165) is 0 Å². The molecule has 0 bridgehead atoms. The molecule has 3 rings (SSSR count). The number of anilines is 1. The van der Waals surface area contributed by atoms with E-state index in [1.165, 1.54) is 42.6 Å². The predicted octanol–water partition coefficient (Wildman–Crippen LogP) is 2.32. The van der Waals surface area contributed by atoms with Crippen LogP contribution in [0, 0.1) is 5.92 Å². The average molecular weight is 395 g/mol. The quantitative estimate of drug-likeness (QED) is 0.616. The number of hydrogen-bond acceptors (Lipinski definition) is 6. The first-order valence-corrected chi connectivity index (χ1v) is 9.80. The maximum absolute atomic E-state index is 12.4. The van der Waals surface area contributed by atoms with Gasteiger partial charge in [0.05, 0.1) is 28.7 Å². The van der Waals surface area contributed by atoms with Crippen molar-refractivity contribution in [3.05, 3.63) is 53.3 Å². The standard InChI is InChI=1S/C17H15ClN2O5S/c18-15-6-1-11(9-19-15)16(21)20-13-2-4-14(5-3-13)26(23,24)10-12-7-8-25-17(12)22/h1-6,9,12H,7-8,10H2,(H,20,21). The maximum Gasteiger partial charge on any atom is 0.310 e. The molecule has 1 N–H and O–H groups in total. The number of carbonyl (C=O) groups excluding carboxylic acids is 2. The highest BCUT2D eigenvalue weighted by molar-refractivity contribution is 7.91. The molecule has 2 heterocycles. The van der Waals surface area contributed by atoms with E-state index in [1.807, 2.05) is 0 Å². The van der Waals surface area contributed by atoms with Gasteiger partial charge in [-0.25, -0.2) is 13.4 Å². The van der Waals surface area contributed by atoms with Crippen LogP contribution in [-0.4, -0.2) is 37.6 Å². The zero-order valence-electron chi connectivity index (χ0n) is 13.5. The molecular weight excluding hydrogens is 380 g/mol. The summed E-state index contributed by atoms with van der Waals surface area (Å²) >= 11 is 5.68. The van der Waals surface area contributed by atoms with Crippen LogP contribution in [0.5, 0.6) is 0 Å². The second kappa shape index (κ2) is 7.43. The molecule has 7 nitrogen and oxygen atoms in total. The maximum atomic E-state index is 12.4. The summed E-state index contributed by atoms with van der Waals surface area (Å²) in [6.07, 6.45) is 1.75. The van der Waals surface area contributed by atoms with Gasteiger partial charge in [0.2, 0.25) is 0 Å². The number of benzene rings is 1. The average Bonchev–Trinajstić information content (AvgIpc) is 3.00. The molecule has 1 saturated heterocycles. The highest BCUT2D eigenvalue weighted by Crippen LogP contribution is 2.22. The molecule has 26 heavy (non-hydrogen) atoms. The summed E-state index contributed by atoms with van der Waals surface area (Å²) in [5, 5.41) is 2.93. The van der Waals surface area contributed by atoms with Crippen LogP contribution < -0.4 is 5.32 Å². The Morgan fingerprint density at radius 3 is 2.54 bits per heavy atom. The minimum Gasteiger partial charge on any atom is -0.465 e. The molecule has 0 spiro atoms. The normalized spacial score (nSPS) is 17.0. The molecule has 2 aromatic rings. The first-order valence-electron chi connectivity index (χ1n) is 7.77. The Kier molecular flexibility index (Phi) is 5.24. The fraction of sp³-hybridized carbons (Fsp3) is 0.235. The van der Waals surface area contributed by atoms with Gasteiger partial charge < -0.3 is 10.1 Å². The molecule has 0 saturated carbocycles. The summed E-state index contributed by atoms with van der Waals surface area (Å²) in [5.74, 6) is -1.78. The van der Waals surface area contributed by atoms with Crippen LogP contribution in [0.3, 0.4) is 0 Å². The van der Waals surface area contributed by atoms with E-state index in [4.69, 9.17) is 16.3 Å². The van der Waals surface area contributed by atoms with Crippen LogP contribution in [0.25, 0.3) is 0 Å². The number of aromatic nitrogens is 1. The molecule has 136 valence electrons. The summed E-state index contributed by atoms with van der Waals surface area (Å²) < 4.78 is 29.6. The minimum atomic E-state index is -3.62. The highest BCUT2D eigenvalue weighted by atomic mass is 35.5. The first kappa shape index (κ1) is 18.3. The Morgan fingerprint density at radius 1 is 1.23 bits per heavy atom. The van der Waals surface area contributed by atoms with Gasteiger partial charge in [0.25, 0.3) is 5.91 Å². The molecule has 0 radical (unpaired) electrons. The van der Waals surface area contributed by atoms with Crippen molar-refractivity contribution in [2.75, 3.05) is 17.7 Å². The van der Waals surface area contributed by atoms with Gasteiger partial charge in [-0.1, -0.05) is 11.6 Å². The van der Waals surface area contributed by atoms with E-state index in [9.17, 15) is 18.0 Å². The van der Waals surface area contributed by atoms with Crippen LogP contribution >= 0.6 is 11.6 Å². The summed E-state index contributed by atoms with van der Waals surface area (Å²) in [6, 6.07) is 8.79. The molecule has 1 atom stereocenters. The van der Waals surface area contributed by atoms with Crippen LogP contribution in [0.2, 0.25) is 5.15 Å². The Labute approximate surface area is 155 Å². The van der Waals surface area contributed by atoms with E-state index < -0.39 is 27.6 Å². The minimum absolute atomic E-state index is 0.0864. The monoisotopic (exact) mass is 394 g/mol. The van der Waals surface area contributed by atoms with Crippen molar-refractivity contribution < 1.29 is 22.7 Å². The number of esters is 1. The molecule has 1 aromatic carbocycles. The Morgan fingerprint density at radius 2 is 1.96 bits per heavy atom. The Balaban J connectivity index is 1.68. The molecule has 1 unspecified atom stereocenters. The third-order valence-corrected chi connectivity index (χ3v) is 5.98. The zero-order valence-corrected chi connectivity index (χ0v) is 15.1. The molecule has 1 aliphatic heterocycles. The molecule has 1 aliphatic rings. The second-order valence-corrected chi connectivity index (χ2v) is 8.20. The number of rotatable bonds is 5. The number of sulfone groups is 1. The summed E-state index contributed by atoms with van der Waals surface area (Å²) in [7, 11) is -3.62. The summed E-state index contributed by atoms with van der Waals surface area (Å²) in [4.78, 5) is 27.5. The van der Waals surface area contributed by atoms with Crippen molar-refractivity contribution in [3.8, 4) is 0 Å². The van der Waals surface area contributed by atoms with Gasteiger partial charge in [0, 0.05) is 11.9 Å². The zero-order chi connectivity index (χ0) is 18.7. The number of nitrogens with one attached hydrogen (secondary N) is 1. The number of pyridine rings is 1. The van der Waals surface area contributed by atoms with Gasteiger partial charge in [0.15, 0.2) is 9.84 Å². The lowest BCUT2D eigenvalue weighted by atomic mass is 10.1. The van der Waals surface area contributed by atoms with E-state index in [1.54, 1.807) is 0 Å². The SMILES string of the molecule is O=C(Nc1ccc(S(=O)(=O)CC2CCOC2=O)cc1)c1ccc(Cl)nc1. The first-order chi connectivity index (χ1) is 12.3. The van der Waals surface area contributed by atoms with Crippen molar-refractivity contribution in [1.29, 1.82) is 0 Å². The smallest absolute Gasteiger partial charge is 0.310 e. The van der Waals surface area contributed by atoms with Gasteiger partial charge in [0.1, 0.15) is 5.15 Å². The van der Waals surface area contributed by atoms with E-state index >= 15 is 0 Å². The number of ether oxygens (including phenoxy) is 1. The molecular formula is C17H15ClN2O5S. The van der Waals surface area contributed by atoms with Crippen molar-refractivity contribution in [2.45, 2.75) is 11.3 Å². The topological polar surface area (TPSA) is 102 Å². The van der Waals surface area contributed by atoms with Gasteiger partial charge in [-0.3, -0.25) is 9.59 Å². The van der Waals surface area contributed by atoms with Gasteiger partial charge in [-0.05, 0) is 42.8 Å². The number of cyclic esters (lactones) is 1. The largest absolute Gasteiger partial charge is 0.465 e. The molecule has 1 aromatic heterocycles. The Bertz CT molecular complexity index is 927. The Hall–Kier alpha value is -2.45. The highest BCUT2D eigenvalue weighted by Gasteiger charge is 2.32. The van der Waals surface area contributed by atoms with E-state index in [-0.39, 0.29) is 22.4 Å². The van der Waals surface area contributed by atoms with E-state index in [0.29, 0.717) is 17.7 Å². The van der Waals surface area contributed by atoms with Gasteiger partial charge >= 0.3 is 5.97 Å². The molecule has 0 aliphatic carbocycles. The lowest BCUT2D eigenvalue weighted by Gasteiger charge is -2.09. The fourth-order valence-corrected chi connectivity index (χ4v) is 4.20. The van der Waals surface area contributed by atoms with Crippen LogP contribution in [0.4, 0.5) is 5.69 Å². The van der Waals surface area contributed by atoms with Crippen LogP contribution in [0.1, 0.15) is 16.8 Å². The lowest BCUT2D eigenvalue weighted by molar-refractivity contribution is -0.140. The third kappa shape index (κ3) is 4.20. The molecule has 1 amide bonds. The summed E-state index contributed by atoms with van der Waals surface area (Å²) in [5.41, 5.74) is 0.759. The van der Waals surface area contributed by atoms with Crippen molar-refractivity contribution in [1.82, 2.24) is 4.98 Å². The van der Waals surface area contributed by atoms with Crippen molar-refractivity contribution >= 4 is 39.0 Å². The molecule has 1 fully saturated rings. The van der Waals surface area contributed by atoms with Gasteiger partial charge in [-0.15, -0.1) is 0 Å². The number of hydrogen-bond donors (Lipinski definition) is 1.